The van der Waals surface area contributed by atoms with Gasteiger partial charge in [-0.2, -0.15) is 0 Å². The van der Waals surface area contributed by atoms with Crippen molar-refractivity contribution in [2.75, 3.05) is 20.3 Å². The van der Waals surface area contributed by atoms with Crippen molar-refractivity contribution < 1.29 is 58.2 Å². The highest BCUT2D eigenvalue weighted by Gasteiger charge is 2.76. The van der Waals surface area contributed by atoms with Crippen LogP contribution in [0.5, 0.6) is 5.75 Å². The van der Waals surface area contributed by atoms with Gasteiger partial charge in [-0.1, -0.05) is 32.0 Å². The van der Waals surface area contributed by atoms with Crippen molar-refractivity contribution in [2.24, 2.45) is 34.0 Å². The molecular weight excluding hydrogens is 648 g/mol. The lowest BCUT2D eigenvalue weighted by Gasteiger charge is -2.71. The molecule has 1 aromatic carbocycles. The summed E-state index contributed by atoms with van der Waals surface area (Å²) < 4.78 is 29.5. The summed E-state index contributed by atoms with van der Waals surface area (Å²) in [4.78, 5) is 51.0. The fourth-order valence-corrected chi connectivity index (χ4v) is 10.4. The van der Waals surface area contributed by atoms with Crippen molar-refractivity contribution in [2.45, 2.75) is 111 Å². The van der Waals surface area contributed by atoms with E-state index in [4.69, 9.17) is 23.7 Å². The van der Waals surface area contributed by atoms with E-state index in [1.54, 1.807) is 20.1 Å². The summed E-state index contributed by atoms with van der Waals surface area (Å²) in [5.41, 5.74) is -3.75. The highest BCUT2D eigenvalue weighted by Crippen LogP contribution is 2.71. The summed E-state index contributed by atoms with van der Waals surface area (Å²) in [5.74, 6) is -4.28. The fraction of sp³-hybridized carbons (Fsp3) is 0.684. The molecule has 12 heteroatoms. The highest BCUT2D eigenvalue weighted by molar-refractivity contribution is 5.68. The van der Waals surface area contributed by atoms with E-state index < -0.39 is 101 Å². The molecule has 0 saturated heterocycles. The largest absolute Gasteiger partial charge is 0.496 e. The predicted molar refractivity (Wildman–Crippen MR) is 180 cm³/mol. The molecule has 1 aromatic rings. The number of esters is 4. The number of hydrogen-bond acceptors (Lipinski definition) is 12. The van der Waals surface area contributed by atoms with E-state index in [9.17, 15) is 34.5 Å². The quantitative estimate of drug-likeness (QED) is 0.174. The Bertz CT molecular complexity index is 1490. The second kappa shape index (κ2) is 14.6. The smallest absolute Gasteiger partial charge is 0.303 e. The van der Waals surface area contributed by atoms with E-state index in [0.717, 1.165) is 5.56 Å². The topological polar surface area (TPSA) is 175 Å². The number of carbonyl (C=O) groups is 4. The first-order valence-corrected chi connectivity index (χ1v) is 17.3. The number of aryl methyl sites for hydroxylation is 1. The van der Waals surface area contributed by atoms with E-state index in [1.165, 1.54) is 27.7 Å². The van der Waals surface area contributed by atoms with Crippen LogP contribution in [0.25, 0.3) is 0 Å². The molecule has 278 valence electrons. The number of benzene rings is 1. The number of rotatable bonds is 11. The second-order valence-electron chi connectivity index (χ2n) is 14.9. The van der Waals surface area contributed by atoms with Crippen molar-refractivity contribution in [3.63, 3.8) is 0 Å². The normalized spacial score (nSPS) is 36.8. The van der Waals surface area contributed by atoms with Crippen LogP contribution in [0, 0.1) is 34.0 Å². The molecule has 0 spiro atoms. The molecule has 0 aromatic heterocycles. The van der Waals surface area contributed by atoms with Crippen LogP contribution in [-0.4, -0.2) is 89.5 Å². The first kappa shape index (κ1) is 39.3. The molecule has 4 rings (SSSR count). The average Bonchev–Trinajstić information content (AvgIpc) is 3.02. The monoisotopic (exact) mass is 702 g/mol. The third kappa shape index (κ3) is 6.43. The maximum atomic E-state index is 13.0. The van der Waals surface area contributed by atoms with Crippen LogP contribution in [0.1, 0.15) is 80.2 Å². The zero-order valence-corrected chi connectivity index (χ0v) is 30.7. The van der Waals surface area contributed by atoms with Gasteiger partial charge in [0.1, 0.15) is 24.1 Å². The third-order valence-electron chi connectivity index (χ3n) is 12.4. The fourth-order valence-electron chi connectivity index (χ4n) is 10.4. The van der Waals surface area contributed by atoms with Crippen molar-refractivity contribution >= 4 is 23.9 Å². The minimum Gasteiger partial charge on any atom is -0.496 e. The van der Waals surface area contributed by atoms with Crippen molar-refractivity contribution in [3.8, 4) is 5.75 Å². The molecule has 3 N–H and O–H groups in total. The Morgan fingerprint density at radius 3 is 2.10 bits per heavy atom. The van der Waals surface area contributed by atoms with Gasteiger partial charge in [0.25, 0.3) is 0 Å². The average molecular weight is 703 g/mol. The molecule has 2 unspecified atom stereocenters. The number of hydrogen-bond donors (Lipinski definition) is 3. The molecule has 3 aliphatic carbocycles. The molecule has 12 nitrogen and oxygen atoms in total. The van der Waals surface area contributed by atoms with E-state index in [-0.39, 0.29) is 6.42 Å². The molecule has 0 heterocycles. The highest BCUT2D eigenvalue weighted by atomic mass is 16.6. The van der Waals surface area contributed by atoms with Gasteiger partial charge in [-0.3, -0.25) is 19.2 Å². The van der Waals surface area contributed by atoms with Gasteiger partial charge < -0.3 is 39.0 Å². The van der Waals surface area contributed by atoms with Crippen LogP contribution in [0.2, 0.25) is 0 Å². The number of fused-ring (bicyclic) bond motifs is 3. The lowest BCUT2D eigenvalue weighted by Crippen LogP contribution is -2.77. The van der Waals surface area contributed by atoms with Gasteiger partial charge in [-0.05, 0) is 68.2 Å². The molecule has 0 aliphatic heterocycles. The van der Waals surface area contributed by atoms with Gasteiger partial charge in [0, 0.05) is 57.5 Å². The summed E-state index contributed by atoms with van der Waals surface area (Å²) in [5, 5.41) is 35.5. The van der Waals surface area contributed by atoms with Gasteiger partial charge >= 0.3 is 23.9 Å². The zero-order chi connectivity index (χ0) is 37.4. The minimum atomic E-state index is -1.63. The molecule has 50 heavy (non-hydrogen) atoms. The number of aliphatic hydroxyl groups excluding tert-OH is 2. The molecule has 2 fully saturated rings. The lowest BCUT2D eigenvalue weighted by molar-refractivity contribution is -0.315. The number of aliphatic hydroxyl groups is 3. The molecule has 11 atom stereocenters. The number of methoxy groups -OCH3 is 1. The summed E-state index contributed by atoms with van der Waals surface area (Å²) >= 11 is 0. The maximum absolute atomic E-state index is 13.0. The van der Waals surface area contributed by atoms with Crippen LogP contribution in [-0.2, 0) is 44.5 Å². The Balaban J connectivity index is 2.02. The van der Waals surface area contributed by atoms with Crippen LogP contribution in [0.3, 0.4) is 0 Å². The van der Waals surface area contributed by atoms with E-state index in [2.05, 4.69) is 0 Å². The second-order valence-corrected chi connectivity index (χ2v) is 14.9. The summed E-state index contributed by atoms with van der Waals surface area (Å²) in [6.45, 7) is 10.9. The zero-order valence-electron chi connectivity index (χ0n) is 30.7. The van der Waals surface area contributed by atoms with Gasteiger partial charge in [0.15, 0.2) is 6.10 Å². The number of carbonyl (C=O) groups excluding carboxylic acids is 4. The van der Waals surface area contributed by atoms with Gasteiger partial charge in [-0.25, -0.2) is 0 Å². The standard InChI is InChI=1S/C38H54O12/c1-21-18-31(48-24(4)42)36(8)29(38(21,45)17-14-27-12-10-11-13-28(27)46-9)15-16-35(7)30(19-39)37(20-40,22(2)47-23(3)41)34(50-26(6)44)32(33(35)36)49-25(5)43/h10-13,18,22,29-34,39-40,45H,14-17,19-20H2,1-9H3/t22-,29?,30+,31-,32+,33?,34+,35+,36-,37-,38+/m1/s1. The van der Waals surface area contributed by atoms with Gasteiger partial charge in [-0.15, -0.1) is 0 Å². The molecule has 0 radical (unpaired) electrons. The van der Waals surface area contributed by atoms with Crippen molar-refractivity contribution in [1.29, 1.82) is 0 Å². The Kier molecular flexibility index (Phi) is 11.5. The third-order valence-corrected chi connectivity index (χ3v) is 12.4. The number of ether oxygens (including phenoxy) is 5. The molecule has 0 amide bonds. The van der Waals surface area contributed by atoms with E-state index in [0.29, 0.717) is 30.6 Å². The van der Waals surface area contributed by atoms with Crippen LogP contribution < -0.4 is 4.74 Å². The Hall–Kier alpha value is -3.48. The maximum Gasteiger partial charge on any atom is 0.303 e. The Labute approximate surface area is 294 Å². The van der Waals surface area contributed by atoms with Crippen molar-refractivity contribution in [3.05, 3.63) is 41.5 Å². The molecule has 0 bridgehead atoms. The van der Waals surface area contributed by atoms with Crippen molar-refractivity contribution in [1.82, 2.24) is 0 Å². The molecular formula is C38H54O12. The van der Waals surface area contributed by atoms with E-state index >= 15 is 0 Å². The summed E-state index contributed by atoms with van der Waals surface area (Å²) in [6.07, 6.45) is -1.50. The SMILES string of the molecule is COc1ccccc1CC[C@]1(O)C(C)=C[C@@H](OC(C)=O)[C@@]2(C)C1CC[C@]1(C)C2[C@H](OC(C)=O)[C@H](OC(C)=O)[C@](CO)([C@@H](C)OC(C)=O)[C@H]1CO. The first-order valence-electron chi connectivity index (χ1n) is 17.3. The first-order chi connectivity index (χ1) is 23.4. The Morgan fingerprint density at radius 2 is 1.56 bits per heavy atom. The molecule has 3 aliphatic rings. The summed E-state index contributed by atoms with van der Waals surface area (Å²) in [6, 6.07) is 7.57. The predicted octanol–water partition coefficient (Wildman–Crippen LogP) is 3.71. The summed E-state index contributed by atoms with van der Waals surface area (Å²) in [7, 11) is 1.59. The van der Waals surface area contributed by atoms with Gasteiger partial charge in [0.2, 0.25) is 0 Å². The lowest BCUT2D eigenvalue weighted by atomic mass is 9.35. The Morgan fingerprint density at radius 1 is 0.940 bits per heavy atom. The van der Waals surface area contributed by atoms with Crippen LogP contribution in [0.4, 0.5) is 0 Å². The minimum absolute atomic E-state index is 0.283. The molecule has 2 saturated carbocycles. The van der Waals surface area contributed by atoms with Crippen LogP contribution >= 0.6 is 0 Å². The van der Waals surface area contributed by atoms with Gasteiger partial charge in [0.05, 0.1) is 24.7 Å². The number of para-hydroxylation sites is 1. The van der Waals surface area contributed by atoms with E-state index in [1.807, 2.05) is 45.0 Å². The van der Waals surface area contributed by atoms with Crippen LogP contribution in [0.15, 0.2) is 35.9 Å².